The van der Waals surface area contributed by atoms with Gasteiger partial charge < -0.3 is 25.5 Å². The van der Waals surface area contributed by atoms with Crippen LogP contribution in [-0.4, -0.2) is 77.2 Å². The second-order valence-electron chi connectivity index (χ2n) is 8.33. The molecule has 1 fully saturated rings. The summed E-state index contributed by atoms with van der Waals surface area (Å²) >= 11 is 0. The molecule has 10 heteroatoms. The summed E-state index contributed by atoms with van der Waals surface area (Å²) < 4.78 is 0. The average Bonchev–Trinajstić information content (AvgIpc) is 2.76. The molecule has 4 amide bonds. The number of benzene rings is 1. The molecule has 1 aromatic rings. The topological polar surface area (TPSA) is 136 Å². The highest BCUT2D eigenvalue weighted by Gasteiger charge is 2.35. The highest BCUT2D eigenvalue weighted by atomic mass is 16.4. The molecule has 2 rings (SSSR count). The van der Waals surface area contributed by atoms with Crippen LogP contribution in [0.3, 0.4) is 0 Å². The molecule has 0 unspecified atom stereocenters. The zero-order chi connectivity index (χ0) is 24.7. The van der Waals surface area contributed by atoms with E-state index in [1.165, 1.54) is 20.2 Å². The van der Waals surface area contributed by atoms with E-state index < -0.39 is 54.6 Å². The first kappa shape index (κ1) is 25.6. The van der Waals surface area contributed by atoms with Crippen molar-refractivity contribution >= 4 is 35.7 Å². The van der Waals surface area contributed by atoms with Crippen LogP contribution in [-0.2, 0) is 24.0 Å². The van der Waals surface area contributed by atoms with Crippen molar-refractivity contribution in [1.82, 2.24) is 20.4 Å². The third-order valence-corrected chi connectivity index (χ3v) is 5.28. The van der Waals surface area contributed by atoms with Crippen LogP contribution in [0.5, 0.6) is 0 Å². The molecule has 0 saturated carbocycles. The van der Waals surface area contributed by atoms with Crippen LogP contribution in [0.4, 0.5) is 0 Å². The Morgan fingerprint density at radius 1 is 1.15 bits per heavy atom. The van der Waals surface area contributed by atoms with Crippen molar-refractivity contribution in [1.29, 1.82) is 0 Å². The highest BCUT2D eigenvalue weighted by molar-refractivity contribution is 6.04. The second kappa shape index (κ2) is 11.3. The van der Waals surface area contributed by atoms with Crippen molar-refractivity contribution in [2.45, 2.75) is 38.8 Å². The predicted molar refractivity (Wildman–Crippen MR) is 120 cm³/mol. The number of aliphatic carboxylic acids is 1. The number of hydrogen-bond acceptors (Lipinski definition) is 5. The molecule has 2 atom stereocenters. The van der Waals surface area contributed by atoms with E-state index in [2.05, 4.69) is 10.6 Å². The minimum atomic E-state index is -1.33. The maximum atomic E-state index is 13.4. The van der Waals surface area contributed by atoms with Gasteiger partial charge in [-0.25, -0.2) is 0 Å². The Kier molecular flexibility index (Phi) is 8.72. The van der Waals surface area contributed by atoms with Crippen molar-refractivity contribution in [3.8, 4) is 0 Å². The van der Waals surface area contributed by atoms with Crippen LogP contribution in [0.1, 0.15) is 32.3 Å². The molecule has 1 saturated heterocycles. The van der Waals surface area contributed by atoms with Crippen molar-refractivity contribution in [2.24, 2.45) is 5.92 Å². The van der Waals surface area contributed by atoms with Gasteiger partial charge in [-0.15, -0.1) is 0 Å². The number of nitrogens with zero attached hydrogens (tertiary/aromatic N) is 2. The van der Waals surface area contributed by atoms with Gasteiger partial charge in [-0.3, -0.25) is 24.0 Å². The monoisotopic (exact) mass is 458 g/mol. The largest absolute Gasteiger partial charge is 0.481 e. The normalized spacial score (nSPS) is 22.0. The number of carbonyl (C=O) groups excluding carboxylic acids is 4. The molecule has 0 aromatic heterocycles. The van der Waals surface area contributed by atoms with E-state index >= 15 is 0 Å². The summed E-state index contributed by atoms with van der Waals surface area (Å²) in [6, 6.07) is 6.55. The molecule has 1 aliphatic rings. The molecule has 1 aromatic carbocycles. The van der Waals surface area contributed by atoms with Crippen LogP contribution in [0.2, 0.25) is 0 Å². The van der Waals surface area contributed by atoms with E-state index in [4.69, 9.17) is 0 Å². The molecule has 3 N–H and O–H groups in total. The fourth-order valence-electron chi connectivity index (χ4n) is 3.45. The standard InChI is InChI=1S/C23H30N4O6/c1-14(2)10-16-23(33)27(4)17(11-15-8-6-5-7-9-15)21(31)24-13-19(28)26(3)18(12-20(29)30)22(32)25-16/h5-9,11,14,16,18H,10,12-13H2,1-4H3,(H,24,31)(H,25,32)(H,29,30)/b17-11-/t16-,18-/m0/s1. The number of carboxylic acid groups (broad SMARTS) is 1. The lowest BCUT2D eigenvalue weighted by Gasteiger charge is -2.32. The van der Waals surface area contributed by atoms with Crippen molar-refractivity contribution in [2.75, 3.05) is 20.6 Å². The van der Waals surface area contributed by atoms with Gasteiger partial charge >= 0.3 is 5.97 Å². The first-order valence-corrected chi connectivity index (χ1v) is 10.6. The summed E-state index contributed by atoms with van der Waals surface area (Å²) in [7, 11) is 2.71. The fraction of sp³-hybridized carbons (Fsp3) is 0.435. The van der Waals surface area contributed by atoms with Gasteiger partial charge in [-0.1, -0.05) is 44.2 Å². The van der Waals surface area contributed by atoms with Crippen LogP contribution < -0.4 is 10.6 Å². The number of hydrogen-bond donors (Lipinski definition) is 3. The second-order valence-corrected chi connectivity index (χ2v) is 8.33. The van der Waals surface area contributed by atoms with Gasteiger partial charge in [0.1, 0.15) is 17.8 Å². The number of rotatable bonds is 5. The fourth-order valence-corrected chi connectivity index (χ4v) is 3.45. The summed E-state index contributed by atoms with van der Waals surface area (Å²) in [5, 5.41) is 14.3. The predicted octanol–water partition coefficient (Wildman–Crippen LogP) is 0.448. The zero-order valence-electron chi connectivity index (χ0n) is 19.2. The lowest BCUT2D eigenvalue weighted by molar-refractivity contribution is -0.147. The molecular weight excluding hydrogens is 428 g/mol. The Morgan fingerprint density at radius 2 is 1.79 bits per heavy atom. The average molecular weight is 459 g/mol. The van der Waals surface area contributed by atoms with Crippen molar-refractivity contribution < 1.29 is 29.1 Å². The molecule has 0 spiro atoms. The minimum absolute atomic E-state index is 0.00678. The maximum Gasteiger partial charge on any atom is 0.305 e. The number of likely N-dealkylation sites (N-methyl/N-ethyl adjacent to an activating group) is 2. The molecular formula is C23H30N4O6. The van der Waals surface area contributed by atoms with E-state index in [1.807, 2.05) is 19.9 Å². The summed E-state index contributed by atoms with van der Waals surface area (Å²) in [6.45, 7) is 3.27. The Balaban J connectivity index is 2.52. The Labute approximate surface area is 192 Å². The lowest BCUT2D eigenvalue weighted by Crippen LogP contribution is -2.57. The SMILES string of the molecule is CC(C)C[C@@H]1NC(=O)[C@H](CC(=O)O)N(C)C(=O)CNC(=O)/C(=C/c2ccccc2)N(C)C1=O. The number of amides is 4. The Bertz CT molecular complexity index is 944. The molecule has 1 heterocycles. The van der Waals surface area contributed by atoms with Crippen molar-refractivity contribution in [3.05, 3.63) is 41.6 Å². The number of nitrogens with one attached hydrogen (secondary N) is 2. The summed E-state index contributed by atoms with van der Waals surface area (Å²) in [5.41, 5.74) is 0.677. The molecule has 0 bridgehead atoms. The van der Waals surface area contributed by atoms with Gasteiger partial charge in [0.05, 0.1) is 13.0 Å². The van der Waals surface area contributed by atoms with E-state index in [-0.39, 0.29) is 18.0 Å². The summed E-state index contributed by atoms with van der Waals surface area (Å²) in [5.74, 6) is -3.84. The van der Waals surface area contributed by atoms with Gasteiger partial charge in [0.25, 0.3) is 5.91 Å². The number of carboxylic acids is 1. The molecule has 33 heavy (non-hydrogen) atoms. The van der Waals surface area contributed by atoms with Crippen LogP contribution >= 0.6 is 0 Å². The Morgan fingerprint density at radius 3 is 2.36 bits per heavy atom. The maximum absolute atomic E-state index is 13.4. The quantitative estimate of drug-likeness (QED) is 0.548. The lowest BCUT2D eigenvalue weighted by atomic mass is 10.0. The highest BCUT2D eigenvalue weighted by Crippen LogP contribution is 2.16. The summed E-state index contributed by atoms with van der Waals surface area (Å²) in [4.78, 5) is 65.4. The molecule has 0 aliphatic carbocycles. The van der Waals surface area contributed by atoms with Crippen LogP contribution in [0.25, 0.3) is 6.08 Å². The molecule has 0 radical (unpaired) electrons. The first-order chi connectivity index (χ1) is 15.5. The third-order valence-electron chi connectivity index (χ3n) is 5.28. The van der Waals surface area contributed by atoms with E-state index in [1.54, 1.807) is 24.3 Å². The van der Waals surface area contributed by atoms with Gasteiger partial charge in [0.2, 0.25) is 17.7 Å². The van der Waals surface area contributed by atoms with Gasteiger partial charge in [-0.2, -0.15) is 0 Å². The first-order valence-electron chi connectivity index (χ1n) is 10.6. The van der Waals surface area contributed by atoms with E-state index in [9.17, 15) is 29.1 Å². The van der Waals surface area contributed by atoms with Crippen LogP contribution in [0.15, 0.2) is 36.0 Å². The van der Waals surface area contributed by atoms with Crippen molar-refractivity contribution in [3.63, 3.8) is 0 Å². The minimum Gasteiger partial charge on any atom is -0.481 e. The third kappa shape index (κ3) is 6.90. The Hall–Kier alpha value is -3.69. The van der Waals surface area contributed by atoms with Gasteiger partial charge in [0, 0.05) is 14.1 Å². The van der Waals surface area contributed by atoms with E-state index in [0.29, 0.717) is 5.56 Å². The molecule has 10 nitrogen and oxygen atoms in total. The number of carbonyl (C=O) groups is 5. The van der Waals surface area contributed by atoms with Crippen LogP contribution in [0, 0.1) is 5.92 Å². The van der Waals surface area contributed by atoms with E-state index in [0.717, 1.165) is 9.80 Å². The summed E-state index contributed by atoms with van der Waals surface area (Å²) in [6.07, 6.45) is 1.14. The van der Waals surface area contributed by atoms with Gasteiger partial charge in [0.15, 0.2) is 0 Å². The molecule has 178 valence electrons. The smallest absolute Gasteiger partial charge is 0.305 e. The zero-order valence-corrected chi connectivity index (χ0v) is 19.2. The molecule has 1 aliphatic heterocycles. The van der Waals surface area contributed by atoms with Gasteiger partial charge in [-0.05, 0) is 24.0 Å².